The summed E-state index contributed by atoms with van der Waals surface area (Å²) in [5.41, 5.74) is 13.1. The Balaban J connectivity index is 1.80. The first-order valence-electron chi connectivity index (χ1n) is 12.7. The topological polar surface area (TPSA) is 141 Å². The number of hydrogen-bond acceptors (Lipinski definition) is 7. The molecule has 220 valence electrons. The van der Waals surface area contributed by atoms with Crippen molar-refractivity contribution in [2.45, 2.75) is 30.7 Å². The summed E-state index contributed by atoms with van der Waals surface area (Å²) in [5, 5.41) is 12.7. The first kappa shape index (κ1) is 30.8. The third-order valence-electron chi connectivity index (χ3n) is 6.30. The highest BCUT2D eigenvalue weighted by Crippen LogP contribution is 2.44. The van der Waals surface area contributed by atoms with E-state index in [1.165, 1.54) is 0 Å². The lowest BCUT2D eigenvalue weighted by atomic mass is 9.81. The van der Waals surface area contributed by atoms with Gasteiger partial charge in [-0.3, -0.25) is 10.2 Å². The van der Waals surface area contributed by atoms with E-state index in [4.69, 9.17) is 25.1 Å². The van der Waals surface area contributed by atoms with Crippen LogP contribution in [0.15, 0.2) is 87.4 Å². The van der Waals surface area contributed by atoms with Gasteiger partial charge in [-0.2, -0.15) is 13.2 Å². The van der Waals surface area contributed by atoms with Crippen molar-refractivity contribution >= 4 is 33.4 Å². The fourth-order valence-electron chi connectivity index (χ4n) is 4.35. The summed E-state index contributed by atoms with van der Waals surface area (Å²) in [7, 11) is 0. The van der Waals surface area contributed by atoms with E-state index in [1.54, 1.807) is 72.8 Å². The number of hydrogen-bond donors (Lipinski definition) is 3. The van der Waals surface area contributed by atoms with E-state index in [1.807, 2.05) is 5.43 Å². The van der Waals surface area contributed by atoms with Crippen LogP contribution in [0, 0.1) is 0 Å². The molecule has 10 nitrogen and oxygen atoms in total. The molecule has 3 aromatic carbocycles. The number of amides is 1. The molecule has 0 saturated heterocycles. The van der Waals surface area contributed by atoms with Crippen molar-refractivity contribution in [2.75, 3.05) is 19.8 Å². The van der Waals surface area contributed by atoms with E-state index >= 15 is 0 Å². The monoisotopic (exact) mass is 646 g/mol. The summed E-state index contributed by atoms with van der Waals surface area (Å²) < 4.78 is 51.4. The molecule has 1 aliphatic rings. The predicted molar refractivity (Wildman–Crippen MR) is 152 cm³/mol. The molecule has 2 atom stereocenters. The van der Waals surface area contributed by atoms with Crippen molar-refractivity contribution in [1.82, 2.24) is 10.9 Å². The Bertz CT molecular complexity index is 1460. The number of hydrazine groups is 1. The molecule has 3 N–H and O–H groups in total. The summed E-state index contributed by atoms with van der Waals surface area (Å²) in [6, 6.07) is 20.2. The van der Waals surface area contributed by atoms with Crippen LogP contribution in [0.5, 0.6) is 5.75 Å². The van der Waals surface area contributed by atoms with Gasteiger partial charge in [0.05, 0.1) is 6.61 Å². The lowest BCUT2D eigenvalue weighted by Gasteiger charge is -2.31. The largest absolute Gasteiger partial charge is 0.494 e. The van der Waals surface area contributed by atoms with Crippen molar-refractivity contribution in [1.29, 1.82) is 0 Å². The van der Waals surface area contributed by atoms with Gasteiger partial charge in [-0.05, 0) is 53.1 Å². The second-order valence-corrected chi connectivity index (χ2v) is 10.2. The highest BCUT2D eigenvalue weighted by molar-refractivity contribution is 9.10. The minimum atomic E-state index is -4.58. The highest BCUT2D eigenvalue weighted by Gasteiger charge is 2.53. The maximum absolute atomic E-state index is 13.9. The molecule has 14 heteroatoms. The van der Waals surface area contributed by atoms with Gasteiger partial charge in [-0.25, -0.2) is 10.4 Å². The standard InChI is InChI=1S/C28H26BrF3N6O4/c29-21-10-6-18(7-11-21)24-27(26(40)37-34-17-28(30,31)32,16-20-4-1-2-5-23(20)36-38-33)35-25(42-24)19-8-12-22(13-9-19)41-15-3-14-39/h1-2,4-13,24,34,39H,3,14-17H2,(H,37,40)/t24-,27-/m0/s1. The van der Waals surface area contributed by atoms with Crippen molar-refractivity contribution < 1.29 is 32.5 Å². The molecule has 0 unspecified atom stereocenters. The van der Waals surface area contributed by atoms with Crippen molar-refractivity contribution in [3.05, 3.63) is 104 Å². The van der Waals surface area contributed by atoms with Crippen LogP contribution in [0.2, 0.25) is 0 Å². The fraction of sp³-hybridized carbons (Fsp3) is 0.286. The van der Waals surface area contributed by atoms with Crippen molar-refractivity contribution in [3.63, 3.8) is 0 Å². The van der Waals surface area contributed by atoms with Crippen LogP contribution in [0.1, 0.15) is 29.2 Å². The number of aliphatic hydroxyl groups excluding tert-OH is 1. The maximum atomic E-state index is 13.9. The van der Waals surface area contributed by atoms with E-state index in [-0.39, 0.29) is 24.6 Å². The number of azide groups is 1. The molecular formula is C28H26BrF3N6O4. The zero-order valence-corrected chi connectivity index (χ0v) is 23.6. The van der Waals surface area contributed by atoms with E-state index < -0.39 is 30.3 Å². The van der Waals surface area contributed by atoms with Crippen LogP contribution in [0.25, 0.3) is 10.4 Å². The summed E-state index contributed by atoms with van der Waals surface area (Å²) in [6.07, 6.45) is -5.37. The number of nitrogens with one attached hydrogen (secondary N) is 2. The molecular weight excluding hydrogens is 621 g/mol. The zero-order chi connectivity index (χ0) is 30.2. The Morgan fingerprint density at radius 3 is 2.52 bits per heavy atom. The Labute approximate surface area is 247 Å². The quantitative estimate of drug-likeness (QED) is 0.0746. The maximum Gasteiger partial charge on any atom is 0.402 e. The molecule has 0 bridgehead atoms. The smallest absolute Gasteiger partial charge is 0.402 e. The van der Waals surface area contributed by atoms with Gasteiger partial charge in [0.25, 0.3) is 5.91 Å². The normalized spacial score (nSPS) is 18.0. The van der Waals surface area contributed by atoms with Crippen LogP contribution in [0.3, 0.4) is 0 Å². The van der Waals surface area contributed by atoms with E-state index in [0.717, 1.165) is 4.47 Å². The zero-order valence-electron chi connectivity index (χ0n) is 22.0. The van der Waals surface area contributed by atoms with Gasteiger partial charge in [0.15, 0.2) is 11.6 Å². The SMILES string of the molecule is [N-]=[N+]=Nc1ccccc1C[C@]1(C(=O)NNCC(F)(F)F)N=C(c2ccc(OCCCO)cc2)O[C@H]1c1ccc(Br)cc1. The van der Waals surface area contributed by atoms with Crippen LogP contribution >= 0.6 is 15.9 Å². The molecule has 0 spiro atoms. The van der Waals surface area contributed by atoms with Crippen molar-refractivity contribution in [3.8, 4) is 5.75 Å². The molecule has 0 radical (unpaired) electrons. The molecule has 1 heterocycles. The number of rotatable bonds is 12. The number of benzene rings is 3. The summed E-state index contributed by atoms with van der Waals surface area (Å²) in [5.74, 6) is -0.259. The Kier molecular flexibility index (Phi) is 10.1. The Hall–Kier alpha value is -4.10. The third kappa shape index (κ3) is 7.59. The number of nitrogens with zero attached hydrogens (tertiary/aromatic N) is 4. The highest BCUT2D eigenvalue weighted by atomic mass is 79.9. The van der Waals surface area contributed by atoms with E-state index in [2.05, 4.69) is 31.4 Å². The second kappa shape index (κ2) is 13.7. The first-order chi connectivity index (χ1) is 20.1. The molecule has 4 rings (SSSR count). The molecule has 1 amide bonds. The van der Waals surface area contributed by atoms with Crippen LogP contribution in [-0.2, 0) is 16.0 Å². The average molecular weight is 647 g/mol. The fourth-order valence-corrected chi connectivity index (χ4v) is 4.61. The lowest BCUT2D eigenvalue weighted by molar-refractivity contribution is -0.136. The summed E-state index contributed by atoms with van der Waals surface area (Å²) in [4.78, 5) is 21.5. The Morgan fingerprint density at radius 2 is 1.86 bits per heavy atom. The molecule has 0 saturated carbocycles. The summed E-state index contributed by atoms with van der Waals surface area (Å²) >= 11 is 3.39. The number of aliphatic imine (C=N–C) groups is 1. The van der Waals surface area contributed by atoms with Gasteiger partial charge >= 0.3 is 6.18 Å². The number of carbonyl (C=O) groups excluding carboxylic acids is 1. The van der Waals surface area contributed by atoms with E-state index in [0.29, 0.717) is 35.5 Å². The number of aliphatic hydroxyl groups is 1. The molecule has 1 aliphatic heterocycles. The van der Waals surface area contributed by atoms with Gasteiger partial charge in [-0.15, -0.1) is 0 Å². The van der Waals surface area contributed by atoms with E-state index in [9.17, 15) is 18.0 Å². The van der Waals surface area contributed by atoms with Crippen LogP contribution in [-0.4, -0.2) is 48.4 Å². The number of carbonyl (C=O) groups is 1. The van der Waals surface area contributed by atoms with Crippen LogP contribution in [0.4, 0.5) is 18.9 Å². The first-order valence-corrected chi connectivity index (χ1v) is 13.5. The predicted octanol–water partition coefficient (Wildman–Crippen LogP) is 5.83. The summed E-state index contributed by atoms with van der Waals surface area (Å²) in [6.45, 7) is -1.16. The van der Waals surface area contributed by atoms with Crippen LogP contribution < -0.4 is 15.6 Å². The van der Waals surface area contributed by atoms with Gasteiger partial charge < -0.3 is 14.6 Å². The number of alkyl halides is 3. The van der Waals surface area contributed by atoms with Crippen molar-refractivity contribution in [2.24, 2.45) is 10.1 Å². The molecule has 0 aliphatic carbocycles. The molecule has 0 fully saturated rings. The average Bonchev–Trinajstić information content (AvgIpc) is 3.35. The molecule has 0 aromatic heterocycles. The molecule has 3 aromatic rings. The van der Waals surface area contributed by atoms with Gasteiger partial charge in [0.2, 0.25) is 5.90 Å². The number of halogens is 4. The van der Waals surface area contributed by atoms with Gasteiger partial charge in [0.1, 0.15) is 12.3 Å². The molecule has 42 heavy (non-hydrogen) atoms. The second-order valence-electron chi connectivity index (χ2n) is 9.26. The van der Waals surface area contributed by atoms with Gasteiger partial charge in [-0.1, -0.05) is 57.4 Å². The minimum Gasteiger partial charge on any atom is -0.494 e. The minimum absolute atomic E-state index is 0.00897. The lowest BCUT2D eigenvalue weighted by Crippen LogP contribution is -2.55. The Morgan fingerprint density at radius 1 is 1.14 bits per heavy atom. The van der Waals surface area contributed by atoms with Gasteiger partial charge in [0, 0.05) is 40.1 Å². The third-order valence-corrected chi connectivity index (χ3v) is 6.83. The number of ether oxygens (including phenoxy) is 2.